The maximum Gasteiger partial charge on any atom is 0.273 e. The summed E-state index contributed by atoms with van der Waals surface area (Å²) >= 11 is 1.81. The molecule has 0 spiro atoms. The van der Waals surface area contributed by atoms with E-state index in [-0.39, 0.29) is 10.7 Å². The Kier molecular flexibility index (Phi) is 2.84. The highest BCUT2D eigenvalue weighted by Gasteiger charge is 2.42. The number of H-pyrrole nitrogens is 1. The number of anilines is 1. The highest BCUT2D eigenvalue weighted by Crippen LogP contribution is 2.46. The molecule has 0 atom stereocenters. The number of nitrogens with one attached hydrogen (secondary N) is 2. The number of hydrogen-bond acceptors (Lipinski definition) is 4. The monoisotopic (exact) mass is 240 g/mol. The molecule has 0 unspecified atom stereocenters. The van der Waals surface area contributed by atoms with Crippen molar-refractivity contribution in [1.82, 2.24) is 15.5 Å². The van der Waals surface area contributed by atoms with Gasteiger partial charge < -0.3 is 11.1 Å². The molecule has 0 aliphatic heterocycles. The Hall–Kier alpha value is -1.17. The van der Waals surface area contributed by atoms with E-state index in [0.29, 0.717) is 17.9 Å². The van der Waals surface area contributed by atoms with Crippen LogP contribution < -0.4 is 11.1 Å². The Labute approximate surface area is 98.6 Å². The third-order valence-electron chi connectivity index (χ3n) is 3.02. The summed E-state index contributed by atoms with van der Waals surface area (Å²) in [7, 11) is 0. The average molecular weight is 240 g/mol. The summed E-state index contributed by atoms with van der Waals surface area (Å²) in [6, 6.07) is 0. The topological polar surface area (TPSA) is 83.8 Å². The van der Waals surface area contributed by atoms with Crippen LogP contribution in [-0.2, 0) is 0 Å². The van der Waals surface area contributed by atoms with Gasteiger partial charge >= 0.3 is 0 Å². The van der Waals surface area contributed by atoms with Crippen molar-refractivity contribution < 1.29 is 4.79 Å². The van der Waals surface area contributed by atoms with Gasteiger partial charge in [0.1, 0.15) is 0 Å². The Morgan fingerprint density at radius 3 is 2.81 bits per heavy atom. The smallest absolute Gasteiger partial charge is 0.273 e. The number of hydrogen-bond donors (Lipinski definition) is 3. The molecule has 1 aliphatic rings. The van der Waals surface area contributed by atoms with Crippen LogP contribution in [0.2, 0.25) is 0 Å². The second kappa shape index (κ2) is 4.01. The maximum atomic E-state index is 11.8. The van der Waals surface area contributed by atoms with Gasteiger partial charge in [0.15, 0.2) is 5.69 Å². The molecule has 0 aromatic carbocycles. The first-order chi connectivity index (χ1) is 7.58. The SMILES string of the molecule is CSC1(CNC(=O)c2n[nH]c(C)c2N)CC1. The molecule has 0 saturated heterocycles. The molecule has 1 amide bonds. The molecular weight excluding hydrogens is 224 g/mol. The molecule has 0 bridgehead atoms. The number of nitrogens with zero attached hydrogens (tertiary/aromatic N) is 1. The molecule has 0 radical (unpaired) electrons. The van der Waals surface area contributed by atoms with Crippen molar-refractivity contribution in [3.05, 3.63) is 11.4 Å². The molecule has 88 valence electrons. The first-order valence-corrected chi connectivity index (χ1v) is 6.44. The lowest BCUT2D eigenvalue weighted by Crippen LogP contribution is -2.32. The molecule has 1 aromatic rings. The average Bonchev–Trinajstić information content (AvgIpc) is 2.99. The Morgan fingerprint density at radius 2 is 2.38 bits per heavy atom. The molecule has 1 heterocycles. The third-order valence-corrected chi connectivity index (χ3v) is 4.44. The van der Waals surface area contributed by atoms with Crippen molar-refractivity contribution in [1.29, 1.82) is 0 Å². The van der Waals surface area contributed by atoms with E-state index >= 15 is 0 Å². The van der Waals surface area contributed by atoms with Crippen molar-refractivity contribution in [3.63, 3.8) is 0 Å². The highest BCUT2D eigenvalue weighted by molar-refractivity contribution is 8.00. The van der Waals surface area contributed by atoms with Crippen molar-refractivity contribution >= 4 is 23.4 Å². The van der Waals surface area contributed by atoms with E-state index < -0.39 is 0 Å². The molecule has 2 rings (SSSR count). The lowest BCUT2D eigenvalue weighted by atomic mass is 10.3. The van der Waals surface area contributed by atoms with Crippen molar-refractivity contribution in [3.8, 4) is 0 Å². The van der Waals surface area contributed by atoms with Crippen LogP contribution in [0, 0.1) is 6.92 Å². The van der Waals surface area contributed by atoms with Gasteiger partial charge in [-0.3, -0.25) is 9.89 Å². The first kappa shape index (κ1) is 11.3. The van der Waals surface area contributed by atoms with Gasteiger partial charge in [0, 0.05) is 11.3 Å². The van der Waals surface area contributed by atoms with Gasteiger partial charge in [0.05, 0.1) is 11.4 Å². The zero-order valence-corrected chi connectivity index (χ0v) is 10.3. The van der Waals surface area contributed by atoms with Gasteiger partial charge in [0.25, 0.3) is 5.91 Å². The van der Waals surface area contributed by atoms with Crippen LogP contribution in [0.25, 0.3) is 0 Å². The summed E-state index contributed by atoms with van der Waals surface area (Å²) < 4.78 is 0.260. The molecule has 4 N–H and O–H groups in total. The Morgan fingerprint density at radius 1 is 1.69 bits per heavy atom. The van der Waals surface area contributed by atoms with Crippen LogP contribution in [0.4, 0.5) is 5.69 Å². The summed E-state index contributed by atoms with van der Waals surface area (Å²) in [6.45, 7) is 2.49. The fourth-order valence-electron chi connectivity index (χ4n) is 1.53. The van der Waals surface area contributed by atoms with Crippen LogP contribution in [-0.4, -0.2) is 33.7 Å². The minimum Gasteiger partial charge on any atom is -0.395 e. The van der Waals surface area contributed by atoms with E-state index in [1.807, 2.05) is 11.8 Å². The van der Waals surface area contributed by atoms with E-state index in [1.165, 1.54) is 12.8 Å². The van der Waals surface area contributed by atoms with Crippen LogP contribution in [0.15, 0.2) is 0 Å². The fraction of sp³-hybridized carbons (Fsp3) is 0.600. The number of thioether (sulfide) groups is 1. The summed E-state index contributed by atoms with van der Waals surface area (Å²) in [5, 5.41) is 9.48. The maximum absolute atomic E-state index is 11.8. The summed E-state index contributed by atoms with van der Waals surface area (Å²) in [4.78, 5) is 11.8. The summed E-state index contributed by atoms with van der Waals surface area (Å²) in [5.74, 6) is -0.192. The highest BCUT2D eigenvalue weighted by atomic mass is 32.2. The largest absolute Gasteiger partial charge is 0.395 e. The number of nitrogen functional groups attached to an aromatic ring is 1. The molecule has 16 heavy (non-hydrogen) atoms. The number of rotatable bonds is 4. The lowest BCUT2D eigenvalue weighted by Gasteiger charge is -2.12. The number of amides is 1. The fourth-order valence-corrected chi connectivity index (χ4v) is 2.26. The molecule has 5 nitrogen and oxygen atoms in total. The molecular formula is C10H16N4OS. The van der Waals surface area contributed by atoms with Crippen LogP contribution in [0.5, 0.6) is 0 Å². The lowest BCUT2D eigenvalue weighted by molar-refractivity contribution is 0.0949. The van der Waals surface area contributed by atoms with Gasteiger partial charge in [-0.15, -0.1) is 0 Å². The third kappa shape index (κ3) is 2.02. The molecule has 1 fully saturated rings. The van der Waals surface area contributed by atoms with Gasteiger partial charge in [-0.05, 0) is 26.0 Å². The zero-order chi connectivity index (χ0) is 11.8. The molecule has 1 aromatic heterocycles. The zero-order valence-electron chi connectivity index (χ0n) is 9.46. The van der Waals surface area contributed by atoms with Gasteiger partial charge in [-0.1, -0.05) is 0 Å². The number of carbonyl (C=O) groups is 1. The van der Waals surface area contributed by atoms with Crippen LogP contribution in [0.1, 0.15) is 29.0 Å². The van der Waals surface area contributed by atoms with Gasteiger partial charge in [-0.25, -0.2) is 0 Å². The van der Waals surface area contributed by atoms with Gasteiger partial charge in [-0.2, -0.15) is 16.9 Å². The van der Waals surface area contributed by atoms with E-state index in [0.717, 1.165) is 5.69 Å². The number of aryl methyl sites for hydroxylation is 1. The van der Waals surface area contributed by atoms with Crippen molar-refractivity contribution in [2.24, 2.45) is 0 Å². The minimum absolute atomic E-state index is 0.192. The van der Waals surface area contributed by atoms with E-state index in [4.69, 9.17) is 5.73 Å². The van der Waals surface area contributed by atoms with E-state index in [2.05, 4.69) is 21.8 Å². The predicted molar refractivity (Wildman–Crippen MR) is 65.6 cm³/mol. The first-order valence-electron chi connectivity index (χ1n) is 5.22. The normalized spacial score (nSPS) is 17.1. The quantitative estimate of drug-likeness (QED) is 0.731. The van der Waals surface area contributed by atoms with Crippen molar-refractivity contribution in [2.45, 2.75) is 24.5 Å². The summed E-state index contributed by atoms with van der Waals surface area (Å²) in [6.07, 6.45) is 4.42. The summed E-state index contributed by atoms with van der Waals surface area (Å²) in [5.41, 5.74) is 7.20. The second-order valence-electron chi connectivity index (χ2n) is 4.18. The van der Waals surface area contributed by atoms with Crippen LogP contribution >= 0.6 is 11.8 Å². The van der Waals surface area contributed by atoms with Crippen LogP contribution in [0.3, 0.4) is 0 Å². The number of nitrogens with two attached hydrogens (primary N) is 1. The molecule has 1 saturated carbocycles. The Bertz CT molecular complexity index is 411. The standard InChI is InChI=1S/C10H16N4OS/c1-6-7(11)8(14-13-6)9(15)12-5-10(16-2)3-4-10/h3-5,11H2,1-2H3,(H,12,15)(H,13,14). The number of carbonyl (C=O) groups excluding carboxylic acids is 1. The predicted octanol–water partition coefficient (Wildman–Crippen LogP) is 0.926. The van der Waals surface area contributed by atoms with Gasteiger partial charge in [0.2, 0.25) is 0 Å². The minimum atomic E-state index is -0.192. The number of aromatic amines is 1. The second-order valence-corrected chi connectivity index (χ2v) is 5.45. The van der Waals surface area contributed by atoms with E-state index in [1.54, 1.807) is 6.92 Å². The van der Waals surface area contributed by atoms with Crippen molar-refractivity contribution in [2.75, 3.05) is 18.5 Å². The van der Waals surface area contributed by atoms with E-state index in [9.17, 15) is 4.79 Å². The number of aromatic nitrogens is 2. The Balaban J connectivity index is 1.96. The molecule has 1 aliphatic carbocycles. The molecule has 6 heteroatoms.